The molecule has 0 atom stereocenters. The van der Waals surface area contributed by atoms with Crippen LogP contribution in [0, 0.1) is 5.82 Å². The van der Waals surface area contributed by atoms with E-state index in [0.717, 1.165) is 29.1 Å². The van der Waals surface area contributed by atoms with Crippen LogP contribution in [0.15, 0.2) is 47.2 Å². The van der Waals surface area contributed by atoms with Gasteiger partial charge in [-0.1, -0.05) is 28.1 Å². The summed E-state index contributed by atoms with van der Waals surface area (Å²) in [7, 11) is 0. The van der Waals surface area contributed by atoms with Gasteiger partial charge in [-0.05, 0) is 36.6 Å². The molecule has 102 valence electrons. The van der Waals surface area contributed by atoms with Crippen molar-refractivity contribution >= 4 is 27.5 Å². The molecule has 3 nitrogen and oxygen atoms in total. The number of rotatable bonds is 3. The number of benzene rings is 1. The SMILES string of the molecule is O=C(Nc1ccncc1F)C1(c2cccc(Br)c2)CC1. The lowest BCUT2D eigenvalue weighted by Gasteiger charge is -2.16. The van der Waals surface area contributed by atoms with Crippen LogP contribution in [0.2, 0.25) is 0 Å². The van der Waals surface area contributed by atoms with Crippen LogP contribution in [-0.2, 0) is 10.2 Å². The Hall–Kier alpha value is -1.75. The molecule has 0 bridgehead atoms. The molecular formula is C15H12BrFN2O. The number of aromatic nitrogens is 1. The van der Waals surface area contributed by atoms with Crippen LogP contribution in [0.5, 0.6) is 0 Å². The standard InChI is InChI=1S/C15H12BrFN2O/c16-11-3-1-2-10(8-11)15(5-6-15)14(20)19-13-4-7-18-9-12(13)17/h1-4,7-9H,5-6H2,(H,18,19,20). The largest absolute Gasteiger partial charge is 0.323 e. The Balaban J connectivity index is 1.86. The van der Waals surface area contributed by atoms with Gasteiger partial charge in [0.15, 0.2) is 5.82 Å². The zero-order valence-corrected chi connectivity index (χ0v) is 12.2. The quantitative estimate of drug-likeness (QED) is 0.930. The molecule has 3 rings (SSSR count). The van der Waals surface area contributed by atoms with Gasteiger partial charge in [0, 0.05) is 10.7 Å². The average molecular weight is 335 g/mol. The highest BCUT2D eigenvalue weighted by atomic mass is 79.9. The fourth-order valence-corrected chi connectivity index (χ4v) is 2.68. The second-order valence-electron chi connectivity index (χ2n) is 4.90. The highest BCUT2D eigenvalue weighted by Gasteiger charge is 2.51. The van der Waals surface area contributed by atoms with Gasteiger partial charge in [-0.25, -0.2) is 4.39 Å². The number of hydrogen-bond donors (Lipinski definition) is 1. The number of halogens is 2. The first-order valence-electron chi connectivity index (χ1n) is 6.29. The van der Waals surface area contributed by atoms with E-state index < -0.39 is 11.2 Å². The summed E-state index contributed by atoms with van der Waals surface area (Å²) in [6.45, 7) is 0. The van der Waals surface area contributed by atoms with Crippen LogP contribution in [0.4, 0.5) is 10.1 Å². The Bertz CT molecular complexity index is 670. The minimum atomic E-state index is -0.528. The van der Waals surface area contributed by atoms with Gasteiger partial charge in [0.25, 0.3) is 0 Å². The Morgan fingerprint density at radius 3 is 2.80 bits per heavy atom. The van der Waals surface area contributed by atoms with E-state index in [2.05, 4.69) is 26.2 Å². The van der Waals surface area contributed by atoms with Gasteiger partial charge in [0.1, 0.15) is 0 Å². The summed E-state index contributed by atoms with van der Waals surface area (Å²) < 4.78 is 14.5. The first-order chi connectivity index (χ1) is 9.62. The zero-order valence-electron chi connectivity index (χ0n) is 10.6. The lowest BCUT2D eigenvalue weighted by molar-refractivity contribution is -0.118. The molecule has 5 heteroatoms. The number of amides is 1. The topological polar surface area (TPSA) is 42.0 Å². The van der Waals surface area contributed by atoms with E-state index in [-0.39, 0.29) is 11.6 Å². The van der Waals surface area contributed by atoms with Crippen molar-refractivity contribution in [2.45, 2.75) is 18.3 Å². The molecule has 0 radical (unpaired) electrons. The number of pyridine rings is 1. The van der Waals surface area contributed by atoms with Gasteiger partial charge < -0.3 is 5.32 Å². The summed E-state index contributed by atoms with van der Waals surface area (Å²) in [4.78, 5) is 16.1. The van der Waals surface area contributed by atoms with E-state index in [1.807, 2.05) is 24.3 Å². The van der Waals surface area contributed by atoms with Gasteiger partial charge in [0.05, 0.1) is 17.3 Å². The van der Waals surface area contributed by atoms with E-state index in [1.165, 1.54) is 12.3 Å². The average Bonchev–Trinajstić information content (AvgIpc) is 3.23. The Morgan fingerprint density at radius 1 is 1.35 bits per heavy atom. The molecule has 1 aliphatic carbocycles. The zero-order chi connectivity index (χ0) is 14.2. The first-order valence-corrected chi connectivity index (χ1v) is 7.08. The molecule has 1 amide bonds. The normalized spacial score (nSPS) is 15.7. The van der Waals surface area contributed by atoms with Crippen molar-refractivity contribution in [1.82, 2.24) is 4.98 Å². The Kier molecular flexibility index (Phi) is 3.30. The van der Waals surface area contributed by atoms with Crippen molar-refractivity contribution in [1.29, 1.82) is 0 Å². The van der Waals surface area contributed by atoms with Crippen LogP contribution in [-0.4, -0.2) is 10.9 Å². The van der Waals surface area contributed by atoms with Crippen LogP contribution in [0.25, 0.3) is 0 Å². The summed E-state index contributed by atoms with van der Waals surface area (Å²) >= 11 is 3.41. The van der Waals surface area contributed by atoms with Crippen molar-refractivity contribution < 1.29 is 9.18 Å². The molecule has 1 saturated carbocycles. The molecule has 0 aliphatic heterocycles. The van der Waals surface area contributed by atoms with Gasteiger partial charge in [0.2, 0.25) is 5.91 Å². The highest BCUT2D eigenvalue weighted by molar-refractivity contribution is 9.10. The van der Waals surface area contributed by atoms with Crippen LogP contribution >= 0.6 is 15.9 Å². The molecule has 0 saturated heterocycles. The van der Waals surface area contributed by atoms with Crippen LogP contribution in [0.3, 0.4) is 0 Å². The molecular weight excluding hydrogens is 323 g/mol. The first kappa shape index (κ1) is 13.2. The van der Waals surface area contributed by atoms with E-state index in [0.29, 0.717) is 0 Å². The third-order valence-electron chi connectivity index (χ3n) is 3.58. The predicted octanol–water partition coefficient (Wildman–Crippen LogP) is 3.65. The van der Waals surface area contributed by atoms with Crippen LogP contribution in [0.1, 0.15) is 18.4 Å². The molecule has 1 aromatic heterocycles. The number of anilines is 1. The highest BCUT2D eigenvalue weighted by Crippen LogP contribution is 2.49. The third-order valence-corrected chi connectivity index (χ3v) is 4.08. The molecule has 20 heavy (non-hydrogen) atoms. The smallest absolute Gasteiger partial charge is 0.235 e. The van der Waals surface area contributed by atoms with Crippen molar-refractivity contribution in [3.05, 3.63) is 58.6 Å². The molecule has 1 fully saturated rings. The predicted molar refractivity (Wildman–Crippen MR) is 77.9 cm³/mol. The molecule has 1 aliphatic rings. The number of hydrogen-bond acceptors (Lipinski definition) is 2. The molecule has 0 spiro atoms. The fourth-order valence-electron chi connectivity index (χ4n) is 2.28. The van der Waals surface area contributed by atoms with Crippen LogP contribution < -0.4 is 5.32 Å². The van der Waals surface area contributed by atoms with Gasteiger partial charge in [-0.3, -0.25) is 9.78 Å². The minimum Gasteiger partial charge on any atom is -0.323 e. The summed E-state index contributed by atoms with van der Waals surface area (Å²) in [6.07, 6.45) is 4.11. The molecule has 1 heterocycles. The Labute approximate surface area is 124 Å². The monoisotopic (exact) mass is 334 g/mol. The summed E-state index contributed by atoms with van der Waals surface area (Å²) in [5.41, 5.74) is 0.601. The summed E-state index contributed by atoms with van der Waals surface area (Å²) in [5, 5.41) is 2.66. The lowest BCUT2D eigenvalue weighted by atomic mass is 9.95. The van der Waals surface area contributed by atoms with E-state index in [9.17, 15) is 9.18 Å². The number of nitrogens with zero attached hydrogens (tertiary/aromatic N) is 1. The number of carbonyl (C=O) groups excluding carboxylic acids is 1. The molecule has 1 N–H and O–H groups in total. The van der Waals surface area contributed by atoms with Gasteiger partial charge >= 0.3 is 0 Å². The maximum atomic E-state index is 13.5. The summed E-state index contributed by atoms with van der Waals surface area (Å²) in [6, 6.07) is 9.15. The fraction of sp³-hybridized carbons (Fsp3) is 0.200. The van der Waals surface area contributed by atoms with Crippen molar-refractivity contribution in [2.24, 2.45) is 0 Å². The maximum Gasteiger partial charge on any atom is 0.235 e. The van der Waals surface area contributed by atoms with Gasteiger partial charge in [-0.2, -0.15) is 0 Å². The second-order valence-corrected chi connectivity index (χ2v) is 5.82. The Morgan fingerprint density at radius 2 is 2.15 bits per heavy atom. The maximum absolute atomic E-state index is 13.5. The van der Waals surface area contributed by atoms with Gasteiger partial charge in [-0.15, -0.1) is 0 Å². The second kappa shape index (κ2) is 4.98. The van der Waals surface area contributed by atoms with E-state index >= 15 is 0 Å². The summed E-state index contributed by atoms with van der Waals surface area (Å²) in [5.74, 6) is -0.688. The number of carbonyl (C=O) groups is 1. The minimum absolute atomic E-state index is 0.166. The third kappa shape index (κ3) is 2.33. The molecule has 0 unspecified atom stereocenters. The van der Waals surface area contributed by atoms with E-state index in [4.69, 9.17) is 0 Å². The van der Waals surface area contributed by atoms with Crippen molar-refractivity contribution in [3.63, 3.8) is 0 Å². The lowest BCUT2D eigenvalue weighted by Crippen LogP contribution is -2.28. The van der Waals surface area contributed by atoms with Crippen molar-refractivity contribution in [3.8, 4) is 0 Å². The van der Waals surface area contributed by atoms with Crippen molar-refractivity contribution in [2.75, 3.05) is 5.32 Å². The van der Waals surface area contributed by atoms with E-state index in [1.54, 1.807) is 0 Å². The number of nitrogens with one attached hydrogen (secondary N) is 1. The molecule has 1 aromatic carbocycles. The molecule has 2 aromatic rings.